The van der Waals surface area contributed by atoms with Gasteiger partial charge in [0.05, 0.1) is 17.7 Å². The van der Waals surface area contributed by atoms with Gasteiger partial charge in [-0.3, -0.25) is 4.79 Å². The first-order valence-electron chi connectivity index (χ1n) is 11.5. The smallest absolute Gasteiger partial charge is 0.177 e. The molecule has 1 atom stereocenters. The lowest BCUT2D eigenvalue weighted by Crippen LogP contribution is -2.40. The molecule has 0 N–H and O–H groups in total. The van der Waals surface area contributed by atoms with Crippen molar-refractivity contribution < 1.29 is 13.9 Å². The van der Waals surface area contributed by atoms with E-state index >= 15 is 4.39 Å². The maximum absolute atomic E-state index is 15.3. The molecule has 1 unspecified atom stereocenters. The van der Waals surface area contributed by atoms with E-state index in [1.54, 1.807) is 0 Å². The van der Waals surface area contributed by atoms with Crippen LogP contribution >= 0.6 is 11.6 Å². The molecule has 0 amide bonds. The molecule has 3 aromatic carbocycles. The molecule has 2 heterocycles. The first-order chi connectivity index (χ1) is 17.5. The highest BCUT2D eigenvalue weighted by Gasteiger charge is 2.38. The minimum atomic E-state index is -0.677. The third-order valence-electron chi connectivity index (χ3n) is 6.35. The van der Waals surface area contributed by atoms with Crippen LogP contribution in [0.15, 0.2) is 72.8 Å². The number of hydrogen-bond donors (Lipinski definition) is 0. The Labute approximate surface area is 213 Å². The molecule has 36 heavy (non-hydrogen) atoms. The number of ether oxygens (including phenoxy) is 1. The average molecular weight is 503 g/mol. The van der Waals surface area contributed by atoms with Crippen molar-refractivity contribution in [3.63, 3.8) is 0 Å². The van der Waals surface area contributed by atoms with Crippen molar-refractivity contribution in [1.29, 1.82) is 0 Å². The molecule has 0 aliphatic carbocycles. The van der Waals surface area contributed by atoms with Gasteiger partial charge in [-0.2, -0.15) is 0 Å². The summed E-state index contributed by atoms with van der Waals surface area (Å²) in [6.07, 6.45) is 0.569. The number of nitrogens with zero attached hydrogens (tertiary/aromatic N) is 4. The molecule has 1 aliphatic heterocycles. The van der Waals surface area contributed by atoms with Crippen molar-refractivity contribution >= 4 is 29.4 Å². The van der Waals surface area contributed by atoms with Crippen LogP contribution in [-0.4, -0.2) is 29.5 Å². The van der Waals surface area contributed by atoms with Gasteiger partial charge in [-0.25, -0.2) is 14.4 Å². The Morgan fingerprint density at radius 3 is 2.14 bits per heavy atom. The SMILES string of the molecule is COc1c(Cl)ccc(-c2nc(C=O)c3c(n2)N(Cc2ccccc2)C(C)N3Cc2ccccc2)c1F. The molecule has 0 saturated carbocycles. The largest absolute Gasteiger partial charge is 0.492 e. The molecule has 0 radical (unpaired) electrons. The minimum absolute atomic E-state index is 0.0915. The Hall–Kier alpha value is -3.97. The van der Waals surface area contributed by atoms with E-state index in [2.05, 4.69) is 21.7 Å². The second-order valence-corrected chi connectivity index (χ2v) is 8.93. The van der Waals surface area contributed by atoms with Gasteiger partial charge >= 0.3 is 0 Å². The van der Waals surface area contributed by atoms with Gasteiger partial charge in [0.25, 0.3) is 0 Å². The van der Waals surface area contributed by atoms with Gasteiger partial charge in [0.1, 0.15) is 17.5 Å². The van der Waals surface area contributed by atoms with E-state index in [0.717, 1.165) is 11.1 Å². The number of aromatic nitrogens is 2. The fourth-order valence-electron chi connectivity index (χ4n) is 4.54. The van der Waals surface area contributed by atoms with Crippen LogP contribution in [0.25, 0.3) is 11.4 Å². The van der Waals surface area contributed by atoms with E-state index in [1.807, 2.05) is 60.7 Å². The summed E-state index contributed by atoms with van der Waals surface area (Å²) >= 11 is 6.09. The maximum atomic E-state index is 15.3. The second kappa shape index (κ2) is 9.95. The lowest BCUT2D eigenvalue weighted by molar-refractivity contribution is 0.111. The van der Waals surface area contributed by atoms with E-state index in [1.165, 1.54) is 19.2 Å². The predicted octanol–water partition coefficient (Wildman–Crippen LogP) is 6.13. The van der Waals surface area contributed by atoms with E-state index in [4.69, 9.17) is 21.3 Å². The predicted molar refractivity (Wildman–Crippen MR) is 139 cm³/mol. The summed E-state index contributed by atoms with van der Waals surface area (Å²) in [7, 11) is 1.35. The van der Waals surface area contributed by atoms with E-state index in [-0.39, 0.29) is 34.0 Å². The summed E-state index contributed by atoms with van der Waals surface area (Å²) in [5.41, 5.74) is 3.11. The molecule has 5 rings (SSSR count). The highest BCUT2D eigenvalue weighted by atomic mass is 35.5. The van der Waals surface area contributed by atoms with Gasteiger partial charge in [0.15, 0.2) is 29.5 Å². The molecular formula is C28H24ClFN4O2. The van der Waals surface area contributed by atoms with Gasteiger partial charge in [0.2, 0.25) is 0 Å². The molecular weight excluding hydrogens is 479 g/mol. The van der Waals surface area contributed by atoms with Crippen molar-refractivity contribution in [2.24, 2.45) is 0 Å². The fourth-order valence-corrected chi connectivity index (χ4v) is 4.76. The van der Waals surface area contributed by atoms with Crippen molar-refractivity contribution in [3.8, 4) is 17.1 Å². The summed E-state index contributed by atoms with van der Waals surface area (Å²) in [4.78, 5) is 25.8. The fraction of sp³-hybridized carbons (Fsp3) is 0.179. The highest BCUT2D eigenvalue weighted by molar-refractivity contribution is 6.32. The number of carbonyl (C=O) groups excluding carboxylic acids is 1. The van der Waals surface area contributed by atoms with E-state index in [0.29, 0.717) is 30.9 Å². The third kappa shape index (κ3) is 4.27. The molecule has 8 heteroatoms. The van der Waals surface area contributed by atoms with Crippen LogP contribution in [0, 0.1) is 5.82 Å². The normalized spacial score (nSPS) is 14.6. The van der Waals surface area contributed by atoms with Crippen LogP contribution in [0.5, 0.6) is 5.75 Å². The Bertz CT molecular complexity index is 1400. The molecule has 0 spiro atoms. The van der Waals surface area contributed by atoms with Crippen molar-refractivity contribution in [2.45, 2.75) is 26.2 Å². The molecule has 4 aromatic rings. The Kier molecular flexibility index (Phi) is 6.57. The van der Waals surface area contributed by atoms with Crippen molar-refractivity contribution in [3.05, 3.63) is 100 Å². The van der Waals surface area contributed by atoms with Crippen LogP contribution in [0.3, 0.4) is 0 Å². The number of anilines is 2. The van der Waals surface area contributed by atoms with E-state index < -0.39 is 5.82 Å². The van der Waals surface area contributed by atoms with Crippen LogP contribution in [0.4, 0.5) is 15.9 Å². The quantitative estimate of drug-likeness (QED) is 0.283. The Balaban J connectivity index is 1.67. The molecule has 1 aromatic heterocycles. The number of carbonyl (C=O) groups is 1. The minimum Gasteiger partial charge on any atom is -0.492 e. The van der Waals surface area contributed by atoms with Gasteiger partial charge in [-0.15, -0.1) is 0 Å². The van der Waals surface area contributed by atoms with Gasteiger partial charge in [-0.1, -0.05) is 72.3 Å². The zero-order chi connectivity index (χ0) is 25.2. The summed E-state index contributed by atoms with van der Waals surface area (Å²) in [6.45, 7) is 3.18. The maximum Gasteiger partial charge on any atom is 0.177 e. The lowest BCUT2D eigenvalue weighted by Gasteiger charge is -2.30. The van der Waals surface area contributed by atoms with Crippen molar-refractivity contribution in [2.75, 3.05) is 16.9 Å². The van der Waals surface area contributed by atoms with Crippen LogP contribution < -0.4 is 14.5 Å². The monoisotopic (exact) mass is 502 g/mol. The zero-order valence-corrected chi connectivity index (χ0v) is 20.6. The molecule has 1 aliphatic rings. The van der Waals surface area contributed by atoms with Crippen molar-refractivity contribution in [1.82, 2.24) is 9.97 Å². The standard InChI is InChI=1S/C28H24ClFN4O2/c1-18-33(15-19-9-5-3-6-10-19)25-23(17-35)31-27(21-13-14-22(29)26(36-2)24(21)30)32-28(25)34(18)16-20-11-7-4-8-12-20/h3-14,17-18H,15-16H2,1-2H3. The number of benzene rings is 3. The number of aldehydes is 1. The van der Waals surface area contributed by atoms with Gasteiger partial charge in [-0.05, 0) is 30.2 Å². The third-order valence-corrected chi connectivity index (χ3v) is 6.65. The molecule has 0 fully saturated rings. The molecule has 0 bridgehead atoms. The number of methoxy groups -OCH3 is 1. The molecule has 182 valence electrons. The van der Waals surface area contributed by atoms with E-state index in [9.17, 15) is 4.79 Å². The first kappa shape index (κ1) is 23.8. The summed E-state index contributed by atoms with van der Waals surface area (Å²) in [6, 6.07) is 23.0. The summed E-state index contributed by atoms with van der Waals surface area (Å²) < 4.78 is 20.4. The lowest BCUT2D eigenvalue weighted by atomic mass is 10.1. The second-order valence-electron chi connectivity index (χ2n) is 8.52. The topological polar surface area (TPSA) is 58.6 Å². The Morgan fingerprint density at radius 1 is 0.944 bits per heavy atom. The first-order valence-corrected chi connectivity index (χ1v) is 11.9. The van der Waals surface area contributed by atoms with Gasteiger partial charge in [0, 0.05) is 13.1 Å². The Morgan fingerprint density at radius 2 is 1.56 bits per heavy atom. The summed E-state index contributed by atoms with van der Waals surface area (Å²) in [5.74, 6) is -0.104. The number of fused-ring (bicyclic) bond motifs is 1. The highest BCUT2D eigenvalue weighted by Crippen LogP contribution is 2.43. The van der Waals surface area contributed by atoms with Crippen LogP contribution in [0.1, 0.15) is 28.5 Å². The summed E-state index contributed by atoms with van der Waals surface area (Å²) in [5, 5.41) is 0.142. The number of rotatable bonds is 7. The van der Waals surface area contributed by atoms with Gasteiger partial charge < -0.3 is 14.5 Å². The molecule has 6 nitrogen and oxygen atoms in total. The van der Waals surface area contributed by atoms with Crippen LogP contribution in [-0.2, 0) is 13.1 Å². The zero-order valence-electron chi connectivity index (χ0n) is 19.9. The molecule has 0 saturated heterocycles. The number of hydrogen-bond acceptors (Lipinski definition) is 6. The number of halogens is 2. The average Bonchev–Trinajstić information content (AvgIpc) is 3.15. The van der Waals surface area contributed by atoms with Crippen LogP contribution in [0.2, 0.25) is 5.02 Å².